The van der Waals surface area contributed by atoms with Crippen LogP contribution in [-0.2, 0) is 11.3 Å². The SMILES string of the molecule is CCCN(C(=O)OCc1ccccc1)c1ccc(B(O)O)cc1. The molecule has 2 aromatic carbocycles. The summed E-state index contributed by atoms with van der Waals surface area (Å²) in [5.41, 5.74) is 1.97. The highest BCUT2D eigenvalue weighted by atomic mass is 16.6. The fourth-order valence-electron chi connectivity index (χ4n) is 2.17. The lowest BCUT2D eigenvalue weighted by Gasteiger charge is -2.22. The third-order valence-corrected chi connectivity index (χ3v) is 3.38. The second kappa shape index (κ2) is 8.36. The topological polar surface area (TPSA) is 70.0 Å². The first-order chi connectivity index (χ1) is 11.1. The highest BCUT2D eigenvalue weighted by Crippen LogP contribution is 2.15. The van der Waals surface area contributed by atoms with E-state index in [-0.39, 0.29) is 6.61 Å². The van der Waals surface area contributed by atoms with Crippen molar-refractivity contribution < 1.29 is 19.6 Å². The smallest absolute Gasteiger partial charge is 0.444 e. The molecule has 0 saturated carbocycles. The molecule has 0 aliphatic carbocycles. The van der Waals surface area contributed by atoms with E-state index in [1.807, 2.05) is 37.3 Å². The van der Waals surface area contributed by atoms with Crippen LogP contribution >= 0.6 is 0 Å². The van der Waals surface area contributed by atoms with E-state index in [1.54, 1.807) is 24.3 Å². The molecule has 0 aliphatic rings. The fraction of sp³-hybridized carbons (Fsp3) is 0.235. The molecule has 0 bridgehead atoms. The molecule has 5 nitrogen and oxygen atoms in total. The summed E-state index contributed by atoms with van der Waals surface area (Å²) < 4.78 is 5.36. The van der Waals surface area contributed by atoms with E-state index in [0.29, 0.717) is 17.7 Å². The normalized spacial score (nSPS) is 10.2. The summed E-state index contributed by atoms with van der Waals surface area (Å²) in [5.74, 6) is 0. The average molecular weight is 313 g/mol. The molecule has 0 fully saturated rings. The van der Waals surface area contributed by atoms with Crippen LogP contribution in [-0.4, -0.2) is 29.8 Å². The second-order valence-corrected chi connectivity index (χ2v) is 5.16. The van der Waals surface area contributed by atoms with Gasteiger partial charge in [-0.25, -0.2) is 4.79 Å². The molecule has 120 valence electrons. The van der Waals surface area contributed by atoms with Gasteiger partial charge < -0.3 is 14.8 Å². The Morgan fingerprint density at radius 2 is 1.74 bits per heavy atom. The van der Waals surface area contributed by atoms with Crippen LogP contribution in [0.25, 0.3) is 0 Å². The molecule has 0 spiro atoms. The van der Waals surface area contributed by atoms with Gasteiger partial charge in [-0.1, -0.05) is 49.4 Å². The molecule has 2 N–H and O–H groups in total. The highest BCUT2D eigenvalue weighted by molar-refractivity contribution is 6.58. The number of hydrogen-bond donors (Lipinski definition) is 2. The molecule has 1 amide bonds. The summed E-state index contributed by atoms with van der Waals surface area (Å²) in [6.07, 6.45) is 0.359. The van der Waals surface area contributed by atoms with E-state index in [4.69, 9.17) is 14.8 Å². The van der Waals surface area contributed by atoms with Gasteiger partial charge in [-0.2, -0.15) is 0 Å². The Bertz CT molecular complexity index is 616. The summed E-state index contributed by atoms with van der Waals surface area (Å²) in [4.78, 5) is 13.9. The molecular weight excluding hydrogens is 293 g/mol. The zero-order valence-electron chi connectivity index (χ0n) is 13.1. The Kier molecular flexibility index (Phi) is 6.20. The van der Waals surface area contributed by atoms with Crippen LogP contribution < -0.4 is 10.4 Å². The summed E-state index contributed by atoms with van der Waals surface area (Å²) >= 11 is 0. The lowest BCUT2D eigenvalue weighted by atomic mass is 9.80. The van der Waals surface area contributed by atoms with Gasteiger partial charge in [-0.15, -0.1) is 0 Å². The molecule has 23 heavy (non-hydrogen) atoms. The van der Waals surface area contributed by atoms with Crippen molar-refractivity contribution >= 4 is 24.4 Å². The number of anilines is 1. The van der Waals surface area contributed by atoms with Crippen molar-refractivity contribution in [2.24, 2.45) is 0 Å². The van der Waals surface area contributed by atoms with Crippen molar-refractivity contribution in [1.82, 2.24) is 0 Å². The van der Waals surface area contributed by atoms with Crippen molar-refractivity contribution in [3.8, 4) is 0 Å². The maximum Gasteiger partial charge on any atom is 0.488 e. The lowest BCUT2D eigenvalue weighted by Crippen LogP contribution is -2.33. The van der Waals surface area contributed by atoms with Crippen molar-refractivity contribution in [2.75, 3.05) is 11.4 Å². The van der Waals surface area contributed by atoms with Crippen molar-refractivity contribution in [1.29, 1.82) is 0 Å². The average Bonchev–Trinajstić information content (AvgIpc) is 2.58. The number of carbonyl (C=O) groups is 1. The van der Waals surface area contributed by atoms with Gasteiger partial charge in [0.2, 0.25) is 0 Å². The van der Waals surface area contributed by atoms with Crippen LogP contribution in [0.2, 0.25) is 0 Å². The molecule has 0 unspecified atom stereocenters. The van der Waals surface area contributed by atoms with E-state index in [9.17, 15) is 4.79 Å². The number of carbonyl (C=O) groups excluding carboxylic acids is 1. The predicted octanol–water partition coefficient (Wildman–Crippen LogP) is 1.92. The van der Waals surface area contributed by atoms with Crippen molar-refractivity contribution in [3.63, 3.8) is 0 Å². The summed E-state index contributed by atoms with van der Waals surface area (Å²) in [7, 11) is -1.52. The van der Waals surface area contributed by atoms with Gasteiger partial charge in [0.1, 0.15) is 6.61 Å². The summed E-state index contributed by atoms with van der Waals surface area (Å²) in [6.45, 7) is 2.71. The van der Waals surface area contributed by atoms with Crippen molar-refractivity contribution in [3.05, 3.63) is 60.2 Å². The molecular formula is C17H20BNO4. The standard InChI is InChI=1S/C17H20BNO4/c1-2-12-19(16-10-8-15(9-11-16)18(21)22)17(20)23-13-14-6-4-3-5-7-14/h3-11,21-22H,2,12-13H2,1H3. The van der Waals surface area contributed by atoms with E-state index in [1.165, 1.54) is 4.90 Å². The molecule has 0 radical (unpaired) electrons. The minimum atomic E-state index is -1.52. The quantitative estimate of drug-likeness (QED) is 0.800. The van der Waals surface area contributed by atoms with Gasteiger partial charge in [-0.3, -0.25) is 4.90 Å². The Labute approximate surface area is 136 Å². The third-order valence-electron chi connectivity index (χ3n) is 3.38. The molecule has 0 aromatic heterocycles. The number of amides is 1. The Balaban J connectivity index is 2.05. The number of nitrogens with zero attached hydrogens (tertiary/aromatic N) is 1. The van der Waals surface area contributed by atoms with E-state index < -0.39 is 13.2 Å². The van der Waals surface area contributed by atoms with Gasteiger partial charge in [0, 0.05) is 12.2 Å². The number of ether oxygens (including phenoxy) is 1. The van der Waals surface area contributed by atoms with Crippen LogP contribution in [0.3, 0.4) is 0 Å². The Hall–Kier alpha value is -2.31. The maximum atomic E-state index is 12.3. The van der Waals surface area contributed by atoms with Crippen molar-refractivity contribution in [2.45, 2.75) is 20.0 Å². The zero-order valence-corrected chi connectivity index (χ0v) is 13.1. The van der Waals surface area contributed by atoms with Crippen LogP contribution in [0.5, 0.6) is 0 Å². The summed E-state index contributed by atoms with van der Waals surface area (Å²) in [6, 6.07) is 16.0. The molecule has 0 heterocycles. The summed E-state index contributed by atoms with van der Waals surface area (Å²) in [5, 5.41) is 18.3. The van der Waals surface area contributed by atoms with Gasteiger partial charge in [0.05, 0.1) is 0 Å². The Morgan fingerprint density at radius 3 is 2.30 bits per heavy atom. The van der Waals surface area contributed by atoms with Gasteiger partial charge in [0.15, 0.2) is 0 Å². The second-order valence-electron chi connectivity index (χ2n) is 5.16. The number of benzene rings is 2. The zero-order chi connectivity index (χ0) is 16.7. The first kappa shape index (κ1) is 17.1. The fourth-order valence-corrected chi connectivity index (χ4v) is 2.17. The minimum absolute atomic E-state index is 0.216. The lowest BCUT2D eigenvalue weighted by molar-refractivity contribution is 0.147. The molecule has 0 saturated heterocycles. The van der Waals surface area contributed by atoms with E-state index in [0.717, 1.165) is 12.0 Å². The molecule has 2 rings (SSSR count). The van der Waals surface area contributed by atoms with Crippen LogP contribution in [0.4, 0.5) is 10.5 Å². The first-order valence-electron chi connectivity index (χ1n) is 7.56. The predicted molar refractivity (Wildman–Crippen MR) is 90.5 cm³/mol. The molecule has 0 atom stereocenters. The van der Waals surface area contributed by atoms with E-state index in [2.05, 4.69) is 0 Å². The molecule has 0 aliphatic heterocycles. The van der Waals surface area contributed by atoms with Gasteiger partial charge in [-0.05, 0) is 29.6 Å². The Morgan fingerprint density at radius 1 is 1.09 bits per heavy atom. The van der Waals surface area contributed by atoms with Gasteiger partial charge in [0.25, 0.3) is 0 Å². The van der Waals surface area contributed by atoms with Crippen LogP contribution in [0.1, 0.15) is 18.9 Å². The van der Waals surface area contributed by atoms with E-state index >= 15 is 0 Å². The molecule has 2 aromatic rings. The van der Waals surface area contributed by atoms with Gasteiger partial charge >= 0.3 is 13.2 Å². The number of hydrogen-bond acceptors (Lipinski definition) is 4. The highest BCUT2D eigenvalue weighted by Gasteiger charge is 2.18. The third kappa shape index (κ3) is 4.84. The van der Waals surface area contributed by atoms with Crippen LogP contribution in [0, 0.1) is 0 Å². The first-order valence-corrected chi connectivity index (χ1v) is 7.56. The molecule has 6 heteroatoms. The maximum absolute atomic E-state index is 12.3. The largest absolute Gasteiger partial charge is 0.488 e. The van der Waals surface area contributed by atoms with Crippen LogP contribution in [0.15, 0.2) is 54.6 Å². The number of rotatable bonds is 6. The minimum Gasteiger partial charge on any atom is -0.444 e. The monoisotopic (exact) mass is 313 g/mol.